The van der Waals surface area contributed by atoms with E-state index in [1.807, 2.05) is 0 Å². The van der Waals surface area contributed by atoms with Gasteiger partial charge in [0.2, 0.25) is 0 Å². The monoisotopic (exact) mass is 186 g/mol. The van der Waals surface area contributed by atoms with Crippen LogP contribution in [-0.2, 0) is 19.1 Å². The summed E-state index contributed by atoms with van der Waals surface area (Å²) in [5, 5.41) is 0. The third-order valence-electron chi connectivity index (χ3n) is 1.85. The lowest BCUT2D eigenvalue weighted by molar-refractivity contribution is -0.149. The highest BCUT2D eigenvalue weighted by molar-refractivity contribution is 5.77. The molecule has 1 heterocycles. The molecule has 0 saturated carbocycles. The first-order valence-electron chi connectivity index (χ1n) is 4.60. The fourth-order valence-corrected chi connectivity index (χ4v) is 1.10. The molecule has 13 heavy (non-hydrogen) atoms. The van der Waals surface area contributed by atoms with Gasteiger partial charge in [-0.25, -0.2) is 0 Å². The lowest BCUT2D eigenvalue weighted by Gasteiger charge is -2.01. The molecule has 1 aliphatic rings. The summed E-state index contributed by atoms with van der Waals surface area (Å²) < 4.78 is 9.75. The first kappa shape index (κ1) is 10.0. The molecule has 0 bridgehead atoms. The Morgan fingerprint density at radius 3 is 1.69 bits per heavy atom. The van der Waals surface area contributed by atoms with Crippen molar-refractivity contribution in [1.29, 1.82) is 0 Å². The summed E-state index contributed by atoms with van der Waals surface area (Å²) >= 11 is 0. The van der Waals surface area contributed by atoms with Crippen LogP contribution in [0.15, 0.2) is 0 Å². The fraction of sp³-hybridized carbons (Fsp3) is 0.778. The van der Waals surface area contributed by atoms with Gasteiger partial charge in [-0.2, -0.15) is 0 Å². The Labute approximate surface area is 77.2 Å². The van der Waals surface area contributed by atoms with E-state index < -0.39 is 0 Å². The molecule has 0 aromatic carbocycles. The van der Waals surface area contributed by atoms with Gasteiger partial charge in [0.1, 0.15) is 0 Å². The van der Waals surface area contributed by atoms with Crippen LogP contribution in [-0.4, -0.2) is 25.2 Å². The smallest absolute Gasteiger partial charge is 0.306 e. The summed E-state index contributed by atoms with van der Waals surface area (Å²) in [5.41, 5.74) is 0. The molecule has 1 saturated heterocycles. The van der Waals surface area contributed by atoms with Gasteiger partial charge in [-0.1, -0.05) is 0 Å². The molecule has 1 aliphatic heterocycles. The van der Waals surface area contributed by atoms with Gasteiger partial charge in [-0.3, -0.25) is 9.59 Å². The molecule has 0 aliphatic carbocycles. The SMILES string of the molecule is O=C1CCC(=O)OCCCCCO1. The molecule has 0 spiro atoms. The van der Waals surface area contributed by atoms with E-state index in [4.69, 9.17) is 9.47 Å². The van der Waals surface area contributed by atoms with Crippen LogP contribution in [0.1, 0.15) is 32.1 Å². The number of ether oxygens (including phenoxy) is 2. The zero-order chi connectivity index (χ0) is 9.52. The number of carbonyl (C=O) groups excluding carboxylic acids is 2. The molecule has 4 heteroatoms. The van der Waals surface area contributed by atoms with Crippen molar-refractivity contribution in [3.63, 3.8) is 0 Å². The Hall–Kier alpha value is -1.06. The molecule has 0 radical (unpaired) electrons. The van der Waals surface area contributed by atoms with Crippen molar-refractivity contribution >= 4 is 11.9 Å². The molecular formula is C9H14O4. The molecular weight excluding hydrogens is 172 g/mol. The van der Waals surface area contributed by atoms with Crippen LogP contribution in [0.4, 0.5) is 0 Å². The Kier molecular flexibility index (Phi) is 4.29. The topological polar surface area (TPSA) is 52.6 Å². The molecule has 0 amide bonds. The van der Waals surface area contributed by atoms with E-state index in [0.29, 0.717) is 13.2 Å². The molecule has 0 unspecified atom stereocenters. The van der Waals surface area contributed by atoms with Gasteiger partial charge in [-0.15, -0.1) is 0 Å². The van der Waals surface area contributed by atoms with Crippen LogP contribution in [0.3, 0.4) is 0 Å². The lowest BCUT2D eigenvalue weighted by atomic mass is 10.2. The van der Waals surface area contributed by atoms with Crippen molar-refractivity contribution in [1.82, 2.24) is 0 Å². The standard InChI is InChI=1S/C9H14O4/c10-8-4-5-9(11)13-7-3-1-2-6-12-8/h1-7H2. The van der Waals surface area contributed by atoms with E-state index in [9.17, 15) is 9.59 Å². The van der Waals surface area contributed by atoms with E-state index >= 15 is 0 Å². The lowest BCUT2D eigenvalue weighted by Crippen LogP contribution is -2.09. The quantitative estimate of drug-likeness (QED) is 0.530. The predicted octanol–water partition coefficient (Wildman–Crippen LogP) is 1.04. The minimum Gasteiger partial charge on any atom is -0.466 e. The highest BCUT2D eigenvalue weighted by Crippen LogP contribution is 2.03. The zero-order valence-electron chi connectivity index (χ0n) is 7.58. The summed E-state index contributed by atoms with van der Waals surface area (Å²) in [6.45, 7) is 0.931. The van der Waals surface area contributed by atoms with Crippen molar-refractivity contribution in [3.05, 3.63) is 0 Å². The largest absolute Gasteiger partial charge is 0.466 e. The van der Waals surface area contributed by atoms with E-state index in [1.54, 1.807) is 0 Å². The van der Waals surface area contributed by atoms with E-state index in [0.717, 1.165) is 19.3 Å². The summed E-state index contributed by atoms with van der Waals surface area (Å²) in [6, 6.07) is 0. The minimum atomic E-state index is -0.307. The second-order valence-corrected chi connectivity index (χ2v) is 3.00. The average Bonchev–Trinajstić information content (AvgIpc) is 2.15. The van der Waals surface area contributed by atoms with Gasteiger partial charge in [0, 0.05) is 0 Å². The van der Waals surface area contributed by atoms with Crippen molar-refractivity contribution < 1.29 is 19.1 Å². The summed E-state index contributed by atoms with van der Waals surface area (Å²) in [6.07, 6.45) is 2.91. The second kappa shape index (κ2) is 5.56. The molecule has 1 rings (SSSR count). The molecule has 74 valence electrons. The van der Waals surface area contributed by atoms with Crippen molar-refractivity contribution in [2.24, 2.45) is 0 Å². The molecule has 0 N–H and O–H groups in total. The Balaban J connectivity index is 2.32. The highest BCUT2D eigenvalue weighted by atomic mass is 16.5. The molecule has 0 atom stereocenters. The maximum Gasteiger partial charge on any atom is 0.306 e. The number of esters is 2. The van der Waals surface area contributed by atoms with Gasteiger partial charge in [0.15, 0.2) is 0 Å². The number of hydrogen-bond donors (Lipinski definition) is 0. The van der Waals surface area contributed by atoms with Crippen LogP contribution in [0, 0.1) is 0 Å². The van der Waals surface area contributed by atoms with Gasteiger partial charge >= 0.3 is 11.9 Å². The zero-order valence-corrected chi connectivity index (χ0v) is 7.58. The fourth-order valence-electron chi connectivity index (χ4n) is 1.10. The van der Waals surface area contributed by atoms with E-state index in [-0.39, 0.29) is 24.8 Å². The molecule has 0 aromatic rings. The third kappa shape index (κ3) is 4.50. The Bertz CT molecular complexity index is 168. The summed E-state index contributed by atoms with van der Waals surface area (Å²) in [7, 11) is 0. The first-order chi connectivity index (χ1) is 6.29. The molecule has 4 nitrogen and oxygen atoms in total. The maximum absolute atomic E-state index is 10.9. The number of hydrogen-bond acceptors (Lipinski definition) is 4. The summed E-state index contributed by atoms with van der Waals surface area (Å²) in [4.78, 5) is 21.9. The maximum atomic E-state index is 10.9. The van der Waals surface area contributed by atoms with Gasteiger partial charge in [-0.05, 0) is 19.3 Å². The molecule has 0 aromatic heterocycles. The normalized spacial score (nSPS) is 21.2. The highest BCUT2D eigenvalue weighted by Gasteiger charge is 2.09. The third-order valence-corrected chi connectivity index (χ3v) is 1.85. The predicted molar refractivity (Wildman–Crippen MR) is 45.0 cm³/mol. The van der Waals surface area contributed by atoms with Gasteiger partial charge in [0.25, 0.3) is 0 Å². The van der Waals surface area contributed by atoms with Crippen molar-refractivity contribution in [2.75, 3.05) is 13.2 Å². The first-order valence-corrected chi connectivity index (χ1v) is 4.60. The van der Waals surface area contributed by atoms with Crippen LogP contribution < -0.4 is 0 Å². The Morgan fingerprint density at radius 2 is 1.23 bits per heavy atom. The number of cyclic esters (lactones) is 2. The van der Waals surface area contributed by atoms with Crippen LogP contribution >= 0.6 is 0 Å². The van der Waals surface area contributed by atoms with Gasteiger partial charge in [0.05, 0.1) is 26.1 Å². The average molecular weight is 186 g/mol. The van der Waals surface area contributed by atoms with Crippen molar-refractivity contribution in [3.8, 4) is 0 Å². The second-order valence-electron chi connectivity index (χ2n) is 3.00. The van der Waals surface area contributed by atoms with Crippen LogP contribution in [0.2, 0.25) is 0 Å². The van der Waals surface area contributed by atoms with Crippen LogP contribution in [0.5, 0.6) is 0 Å². The Morgan fingerprint density at radius 1 is 0.769 bits per heavy atom. The van der Waals surface area contributed by atoms with Crippen LogP contribution in [0.25, 0.3) is 0 Å². The summed E-state index contributed by atoms with van der Waals surface area (Å²) in [5.74, 6) is -0.613. The minimum absolute atomic E-state index is 0.138. The molecule has 1 fully saturated rings. The van der Waals surface area contributed by atoms with E-state index in [1.165, 1.54) is 0 Å². The van der Waals surface area contributed by atoms with E-state index in [2.05, 4.69) is 0 Å². The van der Waals surface area contributed by atoms with Gasteiger partial charge < -0.3 is 9.47 Å². The van der Waals surface area contributed by atoms with Crippen molar-refractivity contribution in [2.45, 2.75) is 32.1 Å². The number of rotatable bonds is 0. The number of carbonyl (C=O) groups is 2.